The molecule has 0 bridgehead atoms. The van der Waals surface area contributed by atoms with E-state index >= 15 is 0 Å². The van der Waals surface area contributed by atoms with E-state index in [-0.39, 0.29) is 11.7 Å². The Balaban J connectivity index is 3.03. The highest BCUT2D eigenvalue weighted by Gasteiger charge is 2.19. The molecule has 0 fully saturated rings. The SMILES string of the molecule is CCC(Nc1nc(C)ccc1[N+](=O)[O-])C(C)C. The molecule has 0 saturated heterocycles. The average molecular weight is 237 g/mol. The minimum atomic E-state index is -0.401. The number of anilines is 1. The number of hydrogen-bond donors (Lipinski definition) is 1. The van der Waals surface area contributed by atoms with Crippen LogP contribution in [0.2, 0.25) is 0 Å². The van der Waals surface area contributed by atoms with Gasteiger partial charge in [0.05, 0.1) is 4.92 Å². The molecule has 0 radical (unpaired) electrons. The fourth-order valence-corrected chi connectivity index (χ4v) is 1.72. The second kappa shape index (κ2) is 5.61. The summed E-state index contributed by atoms with van der Waals surface area (Å²) >= 11 is 0. The highest BCUT2D eigenvalue weighted by atomic mass is 16.6. The van der Waals surface area contributed by atoms with Crippen LogP contribution in [0.4, 0.5) is 11.5 Å². The van der Waals surface area contributed by atoms with Gasteiger partial charge in [0.2, 0.25) is 5.82 Å². The topological polar surface area (TPSA) is 68.1 Å². The molecule has 5 heteroatoms. The predicted octanol–water partition coefficient (Wildman–Crippen LogP) is 3.14. The van der Waals surface area contributed by atoms with E-state index in [0.717, 1.165) is 12.1 Å². The third-order valence-corrected chi connectivity index (χ3v) is 2.78. The van der Waals surface area contributed by atoms with Crippen LogP contribution in [0, 0.1) is 23.0 Å². The molecule has 1 heterocycles. The standard InChI is InChI=1S/C12H19N3O2/c1-5-10(8(2)3)14-12-11(15(16)17)7-6-9(4)13-12/h6-8,10H,5H2,1-4H3,(H,13,14). The van der Waals surface area contributed by atoms with Crippen LogP contribution in [0.3, 0.4) is 0 Å². The number of nitrogens with zero attached hydrogens (tertiary/aromatic N) is 2. The second-order valence-electron chi connectivity index (χ2n) is 4.48. The quantitative estimate of drug-likeness (QED) is 0.631. The van der Waals surface area contributed by atoms with Crippen molar-refractivity contribution in [2.45, 2.75) is 40.2 Å². The van der Waals surface area contributed by atoms with Crippen molar-refractivity contribution in [3.05, 3.63) is 27.9 Å². The Morgan fingerprint density at radius 1 is 1.47 bits per heavy atom. The number of rotatable bonds is 5. The van der Waals surface area contributed by atoms with Crippen LogP contribution in [0.1, 0.15) is 32.9 Å². The van der Waals surface area contributed by atoms with Crippen molar-refractivity contribution in [3.8, 4) is 0 Å². The van der Waals surface area contributed by atoms with Gasteiger partial charge in [-0.25, -0.2) is 4.98 Å². The minimum absolute atomic E-state index is 0.0368. The fraction of sp³-hybridized carbons (Fsp3) is 0.583. The van der Waals surface area contributed by atoms with Crippen LogP contribution in [0.15, 0.2) is 12.1 Å². The molecular weight excluding hydrogens is 218 g/mol. The molecule has 1 aromatic rings. The molecule has 0 saturated carbocycles. The van der Waals surface area contributed by atoms with E-state index in [9.17, 15) is 10.1 Å². The molecule has 1 aromatic heterocycles. The van der Waals surface area contributed by atoms with Crippen molar-refractivity contribution in [1.29, 1.82) is 0 Å². The second-order valence-corrected chi connectivity index (χ2v) is 4.48. The first-order valence-electron chi connectivity index (χ1n) is 5.84. The van der Waals surface area contributed by atoms with E-state index in [1.807, 2.05) is 6.92 Å². The molecule has 0 aromatic carbocycles. The maximum Gasteiger partial charge on any atom is 0.311 e. The van der Waals surface area contributed by atoms with Gasteiger partial charge < -0.3 is 5.32 Å². The number of aromatic nitrogens is 1. The van der Waals surface area contributed by atoms with Gasteiger partial charge in [-0.15, -0.1) is 0 Å². The maximum absolute atomic E-state index is 10.9. The lowest BCUT2D eigenvalue weighted by molar-refractivity contribution is -0.384. The van der Waals surface area contributed by atoms with Gasteiger partial charge in [0, 0.05) is 17.8 Å². The summed E-state index contributed by atoms with van der Waals surface area (Å²) in [5, 5.41) is 14.1. The van der Waals surface area contributed by atoms with E-state index in [1.165, 1.54) is 6.07 Å². The molecule has 5 nitrogen and oxygen atoms in total. The predicted molar refractivity (Wildman–Crippen MR) is 68.2 cm³/mol. The van der Waals surface area contributed by atoms with Crippen LogP contribution >= 0.6 is 0 Å². The average Bonchev–Trinajstić information content (AvgIpc) is 2.25. The maximum atomic E-state index is 10.9. The Morgan fingerprint density at radius 3 is 2.59 bits per heavy atom. The molecule has 1 rings (SSSR count). The Kier molecular flexibility index (Phi) is 4.43. The van der Waals surface area contributed by atoms with Crippen molar-refractivity contribution in [2.75, 3.05) is 5.32 Å². The zero-order valence-electron chi connectivity index (χ0n) is 10.7. The monoisotopic (exact) mass is 237 g/mol. The lowest BCUT2D eigenvalue weighted by Gasteiger charge is -2.21. The molecular formula is C12H19N3O2. The van der Waals surface area contributed by atoms with Gasteiger partial charge in [-0.2, -0.15) is 0 Å². The molecule has 0 spiro atoms. The van der Waals surface area contributed by atoms with Gasteiger partial charge in [0.25, 0.3) is 0 Å². The molecule has 1 N–H and O–H groups in total. The third-order valence-electron chi connectivity index (χ3n) is 2.78. The first-order chi connectivity index (χ1) is 7.95. The molecule has 0 aliphatic rings. The summed E-state index contributed by atoms with van der Waals surface area (Å²) in [6, 6.07) is 3.35. The van der Waals surface area contributed by atoms with Gasteiger partial charge in [-0.3, -0.25) is 10.1 Å². The Labute approximate surface area is 101 Å². The van der Waals surface area contributed by atoms with Crippen LogP contribution in [0.25, 0.3) is 0 Å². The molecule has 94 valence electrons. The lowest BCUT2D eigenvalue weighted by Crippen LogP contribution is -2.25. The Bertz CT molecular complexity index is 405. The molecule has 0 amide bonds. The van der Waals surface area contributed by atoms with Crippen LogP contribution in [0.5, 0.6) is 0 Å². The zero-order chi connectivity index (χ0) is 13.0. The number of nitrogens with one attached hydrogen (secondary N) is 1. The van der Waals surface area contributed by atoms with Gasteiger partial charge in [-0.1, -0.05) is 20.8 Å². The van der Waals surface area contributed by atoms with Crippen molar-refractivity contribution < 1.29 is 4.92 Å². The van der Waals surface area contributed by atoms with Crippen molar-refractivity contribution in [3.63, 3.8) is 0 Å². The Hall–Kier alpha value is -1.65. The van der Waals surface area contributed by atoms with E-state index in [1.54, 1.807) is 6.07 Å². The lowest BCUT2D eigenvalue weighted by atomic mass is 10.0. The van der Waals surface area contributed by atoms with Gasteiger partial charge >= 0.3 is 5.69 Å². The molecule has 0 aliphatic carbocycles. The van der Waals surface area contributed by atoms with E-state index in [4.69, 9.17) is 0 Å². The highest BCUT2D eigenvalue weighted by Crippen LogP contribution is 2.24. The molecule has 17 heavy (non-hydrogen) atoms. The molecule has 1 atom stereocenters. The van der Waals surface area contributed by atoms with Crippen molar-refractivity contribution >= 4 is 11.5 Å². The zero-order valence-corrected chi connectivity index (χ0v) is 10.7. The molecule has 0 aliphatic heterocycles. The van der Waals surface area contributed by atoms with Gasteiger partial charge in [0.15, 0.2) is 0 Å². The molecule has 1 unspecified atom stereocenters. The van der Waals surface area contributed by atoms with Crippen LogP contribution < -0.4 is 5.32 Å². The van der Waals surface area contributed by atoms with E-state index in [0.29, 0.717) is 11.7 Å². The fourth-order valence-electron chi connectivity index (χ4n) is 1.72. The highest BCUT2D eigenvalue weighted by molar-refractivity contribution is 5.56. The summed E-state index contributed by atoms with van der Waals surface area (Å²) in [7, 11) is 0. The van der Waals surface area contributed by atoms with Crippen molar-refractivity contribution in [1.82, 2.24) is 4.98 Å². The van der Waals surface area contributed by atoms with E-state index in [2.05, 4.69) is 31.1 Å². The summed E-state index contributed by atoms with van der Waals surface area (Å²) in [6.45, 7) is 8.05. The number of pyridine rings is 1. The summed E-state index contributed by atoms with van der Waals surface area (Å²) in [5.41, 5.74) is 0.811. The van der Waals surface area contributed by atoms with Crippen LogP contribution in [-0.2, 0) is 0 Å². The van der Waals surface area contributed by atoms with Crippen molar-refractivity contribution in [2.24, 2.45) is 5.92 Å². The Morgan fingerprint density at radius 2 is 2.12 bits per heavy atom. The normalized spacial score (nSPS) is 12.5. The van der Waals surface area contributed by atoms with Gasteiger partial charge in [0.1, 0.15) is 0 Å². The number of nitro groups is 1. The summed E-state index contributed by atoms with van der Waals surface area (Å²) < 4.78 is 0. The largest absolute Gasteiger partial charge is 0.361 e. The smallest absolute Gasteiger partial charge is 0.311 e. The van der Waals surface area contributed by atoms with Crippen LogP contribution in [-0.4, -0.2) is 15.9 Å². The minimum Gasteiger partial charge on any atom is -0.361 e. The summed E-state index contributed by atoms with van der Waals surface area (Å²) in [5.74, 6) is 0.775. The number of aryl methyl sites for hydroxylation is 1. The first kappa shape index (κ1) is 13.4. The van der Waals surface area contributed by atoms with Gasteiger partial charge in [-0.05, 0) is 25.3 Å². The third kappa shape index (κ3) is 3.41. The summed E-state index contributed by atoms with van der Waals surface area (Å²) in [6.07, 6.45) is 0.907. The first-order valence-corrected chi connectivity index (χ1v) is 5.84. The summed E-state index contributed by atoms with van der Waals surface area (Å²) in [4.78, 5) is 14.7. The number of hydrogen-bond acceptors (Lipinski definition) is 4. The van der Waals surface area contributed by atoms with E-state index < -0.39 is 4.92 Å².